The molecule has 1 amide bonds. The van der Waals surface area contributed by atoms with Gasteiger partial charge in [0.15, 0.2) is 0 Å². The van der Waals surface area contributed by atoms with Crippen LogP contribution in [0.2, 0.25) is 0 Å². The highest BCUT2D eigenvalue weighted by atomic mass is 35.5. The van der Waals surface area contributed by atoms with Crippen LogP contribution in [0.5, 0.6) is 0 Å². The van der Waals surface area contributed by atoms with Gasteiger partial charge in [0.2, 0.25) is 5.91 Å². The van der Waals surface area contributed by atoms with Gasteiger partial charge in [-0.2, -0.15) is 0 Å². The minimum absolute atomic E-state index is 0. The molecule has 1 saturated carbocycles. The van der Waals surface area contributed by atoms with E-state index < -0.39 is 0 Å². The minimum Gasteiger partial charge on any atom is -0.341 e. The molecule has 4 heteroatoms. The molecule has 4 unspecified atom stereocenters. The van der Waals surface area contributed by atoms with Crippen molar-refractivity contribution in [1.29, 1.82) is 0 Å². The van der Waals surface area contributed by atoms with Crippen LogP contribution in [0.25, 0.3) is 0 Å². The van der Waals surface area contributed by atoms with Gasteiger partial charge in [-0.15, -0.1) is 12.4 Å². The first-order chi connectivity index (χ1) is 11.3. The maximum atomic E-state index is 13.2. The largest absolute Gasteiger partial charge is 0.341 e. The molecule has 24 heavy (non-hydrogen) atoms. The fourth-order valence-electron chi connectivity index (χ4n) is 5.52. The van der Waals surface area contributed by atoms with Crippen LogP contribution in [0.15, 0.2) is 24.3 Å². The molecular weight excluding hydrogens is 320 g/mol. The highest BCUT2D eigenvalue weighted by Crippen LogP contribution is 2.60. The van der Waals surface area contributed by atoms with E-state index in [4.69, 9.17) is 0 Å². The molecule has 0 radical (unpaired) electrons. The molecule has 1 spiro atoms. The van der Waals surface area contributed by atoms with Gasteiger partial charge in [0.1, 0.15) is 0 Å². The molecule has 1 N–H and O–H groups in total. The van der Waals surface area contributed by atoms with E-state index in [-0.39, 0.29) is 23.7 Å². The van der Waals surface area contributed by atoms with Gasteiger partial charge in [0, 0.05) is 36.5 Å². The molecule has 5 rings (SSSR count). The van der Waals surface area contributed by atoms with Gasteiger partial charge in [-0.1, -0.05) is 24.3 Å². The molecule has 3 nitrogen and oxygen atoms in total. The Hall–Kier alpha value is -1.06. The molecular formula is C20H27ClN2O. The fraction of sp³-hybridized carbons (Fsp3) is 0.650. The Labute approximate surface area is 150 Å². The maximum absolute atomic E-state index is 13.2. The third kappa shape index (κ3) is 2.48. The third-order valence-corrected chi connectivity index (χ3v) is 6.83. The first-order valence-corrected chi connectivity index (χ1v) is 9.39. The second-order valence-electron chi connectivity index (χ2n) is 8.13. The number of amides is 1. The maximum Gasteiger partial charge on any atom is 0.226 e. The van der Waals surface area contributed by atoms with Gasteiger partial charge in [-0.3, -0.25) is 4.79 Å². The van der Waals surface area contributed by atoms with Gasteiger partial charge < -0.3 is 10.2 Å². The topological polar surface area (TPSA) is 32.3 Å². The summed E-state index contributed by atoms with van der Waals surface area (Å²) in [5.74, 6) is 0.691. The molecule has 0 aromatic heterocycles. The Balaban J connectivity index is 0.00000146. The van der Waals surface area contributed by atoms with Crippen LogP contribution in [0.4, 0.5) is 0 Å². The normalized spacial score (nSPS) is 36.7. The van der Waals surface area contributed by atoms with E-state index in [1.165, 1.54) is 43.2 Å². The van der Waals surface area contributed by atoms with Crippen LogP contribution in [0.3, 0.4) is 0 Å². The van der Waals surface area contributed by atoms with E-state index >= 15 is 0 Å². The van der Waals surface area contributed by atoms with Crippen LogP contribution in [0.1, 0.15) is 49.7 Å². The van der Waals surface area contributed by atoms with Gasteiger partial charge >= 0.3 is 0 Å². The smallest absolute Gasteiger partial charge is 0.226 e. The Morgan fingerprint density at radius 3 is 2.92 bits per heavy atom. The van der Waals surface area contributed by atoms with Crippen molar-refractivity contribution in [3.8, 4) is 0 Å². The standard InChI is InChI=1S/C20H26N2O.ClH/c23-19(22-11-9-15-7-8-16(13-22)21-15)18-12-20(18)10-3-5-14-4-1-2-6-17(14)20;/h1-2,4,6,15-16,18,21H,3,5,7-13H2;1H. The number of rotatable bonds is 1. The first kappa shape index (κ1) is 16.4. The van der Waals surface area contributed by atoms with Crippen LogP contribution >= 0.6 is 12.4 Å². The Bertz CT molecular complexity index is 648. The molecule has 2 heterocycles. The quantitative estimate of drug-likeness (QED) is 0.847. The number of carbonyl (C=O) groups excluding carboxylic acids is 1. The molecule has 2 aliphatic carbocycles. The molecule has 1 aromatic rings. The molecule has 2 saturated heterocycles. The number of likely N-dealkylation sites (tertiary alicyclic amines) is 1. The summed E-state index contributed by atoms with van der Waals surface area (Å²) >= 11 is 0. The van der Waals surface area contributed by atoms with Crippen molar-refractivity contribution >= 4 is 18.3 Å². The predicted octanol–water partition coefficient (Wildman–Crippen LogP) is 3.06. The zero-order valence-corrected chi connectivity index (χ0v) is 15.0. The lowest BCUT2D eigenvalue weighted by Gasteiger charge is -2.29. The lowest BCUT2D eigenvalue weighted by molar-refractivity contribution is -0.133. The molecule has 2 bridgehead atoms. The summed E-state index contributed by atoms with van der Waals surface area (Å²) in [7, 11) is 0. The van der Waals surface area contributed by atoms with Crippen molar-refractivity contribution in [2.24, 2.45) is 5.92 Å². The van der Waals surface area contributed by atoms with Gasteiger partial charge in [-0.05, 0) is 56.1 Å². The molecule has 1 aromatic carbocycles. The Morgan fingerprint density at radius 2 is 2.00 bits per heavy atom. The number of nitrogens with one attached hydrogen (secondary N) is 1. The summed E-state index contributed by atoms with van der Waals surface area (Å²) in [5.41, 5.74) is 3.16. The third-order valence-electron chi connectivity index (χ3n) is 6.83. The number of halogens is 1. The number of nitrogens with zero attached hydrogens (tertiary/aromatic N) is 1. The van der Waals surface area contributed by atoms with Gasteiger partial charge in [0.25, 0.3) is 0 Å². The lowest BCUT2D eigenvalue weighted by Crippen LogP contribution is -2.41. The summed E-state index contributed by atoms with van der Waals surface area (Å²) in [5, 5.41) is 3.69. The fourth-order valence-corrected chi connectivity index (χ4v) is 5.52. The SMILES string of the molecule is Cl.O=C(C1CC12CCCc1ccccc12)N1CCC2CCC(C1)N2. The van der Waals surface area contributed by atoms with Crippen molar-refractivity contribution in [3.63, 3.8) is 0 Å². The van der Waals surface area contributed by atoms with Crippen LogP contribution in [-0.4, -0.2) is 36.0 Å². The van der Waals surface area contributed by atoms with Crippen LogP contribution in [-0.2, 0) is 16.6 Å². The number of benzene rings is 1. The second-order valence-corrected chi connectivity index (χ2v) is 8.13. The van der Waals surface area contributed by atoms with Crippen LogP contribution in [0, 0.1) is 5.92 Å². The number of fused-ring (bicyclic) bond motifs is 4. The molecule has 4 atom stereocenters. The predicted molar refractivity (Wildman–Crippen MR) is 97.6 cm³/mol. The molecule has 130 valence electrons. The zero-order valence-electron chi connectivity index (χ0n) is 14.2. The number of hydrogen-bond acceptors (Lipinski definition) is 2. The average Bonchev–Trinajstić information content (AvgIpc) is 3.16. The Morgan fingerprint density at radius 1 is 1.17 bits per heavy atom. The summed E-state index contributed by atoms with van der Waals surface area (Å²) < 4.78 is 0. The zero-order chi connectivity index (χ0) is 15.4. The molecule has 4 aliphatic rings. The van der Waals surface area contributed by atoms with E-state index in [1.807, 2.05) is 0 Å². The van der Waals surface area contributed by atoms with Crippen molar-refractivity contribution in [3.05, 3.63) is 35.4 Å². The first-order valence-electron chi connectivity index (χ1n) is 9.39. The van der Waals surface area contributed by atoms with Gasteiger partial charge in [-0.25, -0.2) is 0 Å². The number of aryl methyl sites for hydroxylation is 1. The van der Waals surface area contributed by atoms with Gasteiger partial charge in [0.05, 0.1) is 0 Å². The number of hydrogen-bond donors (Lipinski definition) is 1. The molecule has 2 aliphatic heterocycles. The summed E-state index contributed by atoms with van der Waals surface area (Å²) in [6.45, 7) is 1.89. The van der Waals surface area contributed by atoms with E-state index in [9.17, 15) is 4.79 Å². The second kappa shape index (κ2) is 6.03. The van der Waals surface area contributed by atoms with Crippen molar-refractivity contribution in [2.75, 3.05) is 13.1 Å². The van der Waals surface area contributed by atoms with E-state index in [0.29, 0.717) is 18.0 Å². The average molecular weight is 347 g/mol. The van der Waals surface area contributed by atoms with Crippen molar-refractivity contribution in [2.45, 2.75) is 62.4 Å². The summed E-state index contributed by atoms with van der Waals surface area (Å²) in [4.78, 5) is 15.4. The van der Waals surface area contributed by atoms with Crippen molar-refractivity contribution < 1.29 is 4.79 Å². The van der Waals surface area contributed by atoms with E-state index in [0.717, 1.165) is 25.9 Å². The van der Waals surface area contributed by atoms with E-state index in [1.54, 1.807) is 0 Å². The Kier molecular flexibility index (Phi) is 4.12. The number of carbonyl (C=O) groups is 1. The lowest BCUT2D eigenvalue weighted by atomic mass is 9.78. The minimum atomic E-state index is 0. The monoisotopic (exact) mass is 346 g/mol. The van der Waals surface area contributed by atoms with Crippen molar-refractivity contribution in [1.82, 2.24) is 10.2 Å². The summed E-state index contributed by atoms with van der Waals surface area (Å²) in [6, 6.07) is 10.1. The molecule has 3 fully saturated rings. The highest BCUT2D eigenvalue weighted by molar-refractivity contribution is 5.85. The summed E-state index contributed by atoms with van der Waals surface area (Å²) in [6.07, 6.45) is 8.40. The van der Waals surface area contributed by atoms with E-state index in [2.05, 4.69) is 34.5 Å². The highest BCUT2D eigenvalue weighted by Gasteiger charge is 2.61. The van der Waals surface area contributed by atoms with Crippen LogP contribution < -0.4 is 5.32 Å².